The number of carbonyl (C=O) groups is 1. The van der Waals surface area contributed by atoms with E-state index in [-0.39, 0.29) is 18.4 Å². The highest BCUT2D eigenvalue weighted by atomic mass is 32.1. The molecule has 0 saturated heterocycles. The third-order valence-corrected chi connectivity index (χ3v) is 8.57. The van der Waals surface area contributed by atoms with Crippen LogP contribution < -0.4 is 5.32 Å². The summed E-state index contributed by atoms with van der Waals surface area (Å²) >= 11 is 3.02. The van der Waals surface area contributed by atoms with Gasteiger partial charge in [0.2, 0.25) is 5.91 Å². The number of halogens is 3. The first kappa shape index (κ1) is 25.3. The molecule has 2 aliphatic rings. The summed E-state index contributed by atoms with van der Waals surface area (Å²) in [6.07, 6.45) is 4.60. The highest BCUT2D eigenvalue weighted by Gasteiger charge is 2.29. The maximum absolute atomic E-state index is 12.5. The third-order valence-electron chi connectivity index (χ3n) is 6.56. The van der Waals surface area contributed by atoms with Crippen LogP contribution in [0.25, 0.3) is 6.08 Å². The number of aryl methyl sites for hydroxylation is 2. The Bertz CT molecular complexity index is 993. The average Bonchev–Trinajstić information content (AvgIpc) is 3.40. The summed E-state index contributed by atoms with van der Waals surface area (Å²) in [7, 11) is 0. The Balaban J connectivity index is 1.15. The molecule has 2 aromatic rings. The molecule has 0 unspecified atom stereocenters. The molecule has 10 heteroatoms. The predicted molar refractivity (Wildman–Crippen MR) is 130 cm³/mol. The topological polar surface area (TPSA) is 58.1 Å². The van der Waals surface area contributed by atoms with Crippen molar-refractivity contribution in [1.82, 2.24) is 20.2 Å². The van der Waals surface area contributed by atoms with Gasteiger partial charge < -0.3 is 5.32 Å². The molecule has 0 bridgehead atoms. The van der Waals surface area contributed by atoms with Crippen LogP contribution >= 0.6 is 22.7 Å². The summed E-state index contributed by atoms with van der Waals surface area (Å²) in [5, 5.41) is 6.65. The molecule has 1 saturated carbocycles. The molecule has 1 amide bonds. The number of hydrogen-bond acceptors (Lipinski definition) is 6. The van der Waals surface area contributed by atoms with Gasteiger partial charge in [0.15, 0.2) is 0 Å². The highest BCUT2D eigenvalue weighted by molar-refractivity contribution is 7.11. The van der Waals surface area contributed by atoms with Crippen molar-refractivity contribution in [2.75, 3.05) is 13.1 Å². The van der Waals surface area contributed by atoms with Gasteiger partial charge in [0.1, 0.15) is 0 Å². The van der Waals surface area contributed by atoms with Crippen molar-refractivity contribution < 1.29 is 18.0 Å². The number of amides is 1. The molecule has 1 fully saturated rings. The van der Waals surface area contributed by atoms with Gasteiger partial charge in [-0.2, -0.15) is 13.2 Å². The van der Waals surface area contributed by atoms with Crippen LogP contribution in [0.2, 0.25) is 0 Å². The van der Waals surface area contributed by atoms with Crippen LogP contribution in [0.15, 0.2) is 11.5 Å². The molecule has 1 aliphatic heterocycles. The molecule has 5 nitrogen and oxygen atoms in total. The Morgan fingerprint density at radius 2 is 2.06 bits per heavy atom. The summed E-state index contributed by atoms with van der Waals surface area (Å²) in [5.74, 6) is 0.594. The van der Waals surface area contributed by atoms with Crippen LogP contribution in [-0.2, 0) is 24.2 Å². The number of fused-ring (bicyclic) bond motifs is 1. The van der Waals surface area contributed by atoms with Crippen LogP contribution in [0.4, 0.5) is 13.2 Å². The van der Waals surface area contributed by atoms with E-state index in [2.05, 4.69) is 20.2 Å². The average molecular weight is 513 g/mol. The molecular formula is C24H31F3N4OS2. The van der Waals surface area contributed by atoms with Crippen LogP contribution in [0.3, 0.4) is 0 Å². The Kier molecular flexibility index (Phi) is 8.42. The Morgan fingerprint density at radius 1 is 1.26 bits per heavy atom. The number of alkyl halides is 3. The molecule has 34 heavy (non-hydrogen) atoms. The van der Waals surface area contributed by atoms with Crippen molar-refractivity contribution in [3.8, 4) is 0 Å². The lowest BCUT2D eigenvalue weighted by atomic mass is 9.84. The summed E-state index contributed by atoms with van der Waals surface area (Å²) in [6, 6.07) is 0.230. The molecular weight excluding hydrogens is 481 g/mol. The van der Waals surface area contributed by atoms with E-state index in [1.54, 1.807) is 23.5 Å². The number of rotatable bonds is 8. The number of hydrogen-bond donors (Lipinski definition) is 1. The lowest BCUT2D eigenvalue weighted by molar-refractivity contribution is -0.134. The molecule has 0 radical (unpaired) electrons. The van der Waals surface area contributed by atoms with E-state index < -0.39 is 12.6 Å². The fourth-order valence-corrected chi connectivity index (χ4v) is 6.33. The van der Waals surface area contributed by atoms with Crippen LogP contribution in [0.5, 0.6) is 0 Å². The van der Waals surface area contributed by atoms with Crippen molar-refractivity contribution in [3.05, 3.63) is 37.7 Å². The zero-order valence-corrected chi connectivity index (χ0v) is 21.0. The monoisotopic (exact) mass is 512 g/mol. The first-order valence-corrected chi connectivity index (χ1v) is 13.6. The van der Waals surface area contributed by atoms with Gasteiger partial charge in [-0.25, -0.2) is 9.97 Å². The quantitative estimate of drug-likeness (QED) is 0.472. The van der Waals surface area contributed by atoms with E-state index in [9.17, 15) is 18.0 Å². The lowest BCUT2D eigenvalue weighted by Gasteiger charge is -2.31. The zero-order valence-electron chi connectivity index (χ0n) is 19.4. The minimum absolute atomic E-state index is 0.0126. The number of carbonyl (C=O) groups excluding carboxylic acids is 1. The fourth-order valence-electron chi connectivity index (χ4n) is 4.68. The van der Waals surface area contributed by atoms with Crippen molar-refractivity contribution in [2.24, 2.45) is 5.92 Å². The van der Waals surface area contributed by atoms with E-state index in [1.165, 1.54) is 11.3 Å². The highest BCUT2D eigenvalue weighted by Crippen LogP contribution is 2.31. The summed E-state index contributed by atoms with van der Waals surface area (Å²) in [4.78, 5) is 24.6. The van der Waals surface area contributed by atoms with Gasteiger partial charge in [-0.1, -0.05) is 0 Å². The summed E-state index contributed by atoms with van der Waals surface area (Å²) < 4.78 is 37.5. The fraction of sp³-hybridized carbons (Fsp3) is 0.625. The molecule has 0 spiro atoms. The summed E-state index contributed by atoms with van der Waals surface area (Å²) in [6.45, 7) is 4.63. The van der Waals surface area contributed by atoms with Crippen molar-refractivity contribution in [3.63, 3.8) is 0 Å². The number of nitrogens with one attached hydrogen (secondary N) is 1. The van der Waals surface area contributed by atoms with Crippen molar-refractivity contribution in [2.45, 2.75) is 77.1 Å². The van der Waals surface area contributed by atoms with E-state index >= 15 is 0 Å². The molecule has 0 aromatic carbocycles. The Labute approximate surface area is 206 Å². The van der Waals surface area contributed by atoms with Gasteiger partial charge in [-0.15, -0.1) is 22.7 Å². The van der Waals surface area contributed by atoms with E-state index in [0.29, 0.717) is 10.9 Å². The first-order chi connectivity index (χ1) is 16.2. The SMILES string of the molecule is Cc1nc(/C=C/C(=O)N[C@H]2CC[C@H](CCN3CCc4sc(CCC(F)(F)F)nc4C3)CC2)cs1. The van der Waals surface area contributed by atoms with Gasteiger partial charge in [0.25, 0.3) is 0 Å². The van der Waals surface area contributed by atoms with Gasteiger partial charge in [-0.05, 0) is 64.0 Å². The smallest absolute Gasteiger partial charge is 0.350 e. The molecule has 1 aliphatic carbocycles. The Hall–Kier alpha value is -1.78. The van der Waals surface area contributed by atoms with E-state index in [0.717, 1.165) is 79.4 Å². The molecule has 2 aromatic heterocycles. The van der Waals surface area contributed by atoms with Gasteiger partial charge in [0, 0.05) is 48.3 Å². The van der Waals surface area contributed by atoms with E-state index in [1.807, 2.05) is 12.3 Å². The second-order valence-corrected chi connectivity index (χ2v) is 11.5. The number of aromatic nitrogens is 2. The number of thiazole rings is 2. The molecule has 0 atom stereocenters. The molecule has 186 valence electrons. The Morgan fingerprint density at radius 3 is 2.76 bits per heavy atom. The maximum Gasteiger partial charge on any atom is 0.389 e. The lowest BCUT2D eigenvalue weighted by Crippen LogP contribution is -2.37. The minimum Gasteiger partial charge on any atom is -0.350 e. The van der Waals surface area contributed by atoms with Gasteiger partial charge in [-0.3, -0.25) is 9.69 Å². The zero-order chi connectivity index (χ0) is 24.1. The normalized spacial score (nSPS) is 21.6. The largest absolute Gasteiger partial charge is 0.389 e. The minimum atomic E-state index is -4.13. The van der Waals surface area contributed by atoms with Gasteiger partial charge >= 0.3 is 6.18 Å². The van der Waals surface area contributed by atoms with Crippen LogP contribution in [0.1, 0.15) is 64.8 Å². The van der Waals surface area contributed by atoms with Gasteiger partial charge in [0.05, 0.1) is 21.4 Å². The van der Waals surface area contributed by atoms with Crippen molar-refractivity contribution >= 4 is 34.7 Å². The predicted octanol–water partition coefficient (Wildman–Crippen LogP) is 5.54. The maximum atomic E-state index is 12.5. The molecule has 1 N–H and O–H groups in total. The molecule has 4 rings (SSSR count). The standard InChI is InChI=1S/C24H31F3N4OS2/c1-16-28-19(15-33-16)6-7-22(32)29-18-4-2-17(3-5-18)9-12-31-13-10-21-20(14-31)30-23(34-21)8-11-24(25,26)27/h6-7,15,17-18H,2-5,8-14H2,1H3,(H,29,32)/b7-6+/t17-,18-. The summed E-state index contributed by atoms with van der Waals surface area (Å²) in [5.41, 5.74) is 1.79. The second-order valence-electron chi connectivity index (χ2n) is 9.26. The second kappa shape index (κ2) is 11.3. The van der Waals surface area contributed by atoms with E-state index in [4.69, 9.17) is 0 Å². The van der Waals surface area contributed by atoms with Crippen molar-refractivity contribution in [1.29, 1.82) is 0 Å². The molecule has 3 heterocycles. The van der Waals surface area contributed by atoms with Crippen LogP contribution in [-0.4, -0.2) is 46.1 Å². The third kappa shape index (κ3) is 7.61. The van der Waals surface area contributed by atoms with Crippen LogP contribution in [0, 0.1) is 12.8 Å². The number of nitrogens with zero attached hydrogens (tertiary/aromatic N) is 3. The first-order valence-electron chi connectivity index (χ1n) is 11.9.